The molecule has 0 aliphatic rings. The molecule has 0 unspecified atom stereocenters. The van der Waals surface area contributed by atoms with Gasteiger partial charge in [-0.05, 0) is 30.3 Å². The van der Waals surface area contributed by atoms with Crippen LogP contribution in [0.5, 0.6) is 0 Å². The van der Waals surface area contributed by atoms with E-state index in [1.807, 2.05) is 0 Å². The molecular formula is C18H9ClF4N2O2. The van der Waals surface area contributed by atoms with Crippen molar-refractivity contribution in [3.05, 3.63) is 76.7 Å². The summed E-state index contributed by atoms with van der Waals surface area (Å²) in [5, 5.41) is 2.99. The van der Waals surface area contributed by atoms with Crippen LogP contribution in [-0.2, 0) is 6.18 Å². The topological polar surface area (TPSA) is 52.0 Å². The second-order valence-corrected chi connectivity index (χ2v) is 5.84. The van der Waals surface area contributed by atoms with Crippen LogP contribution in [0.4, 0.5) is 17.6 Å². The number of alkyl halides is 3. The molecule has 138 valence electrons. The minimum absolute atomic E-state index is 0.168. The molecule has 0 aliphatic carbocycles. The minimum atomic E-state index is -4.86. The van der Waals surface area contributed by atoms with Gasteiger partial charge in [-0.15, -0.1) is 0 Å². The molecule has 2 aromatic carbocycles. The van der Waals surface area contributed by atoms with Crippen LogP contribution in [0.25, 0.3) is 10.9 Å². The Hall–Kier alpha value is -3.00. The van der Waals surface area contributed by atoms with Gasteiger partial charge in [0.25, 0.3) is 5.91 Å². The summed E-state index contributed by atoms with van der Waals surface area (Å²) in [6.45, 7) is 3.27. The Balaban J connectivity index is 2.33. The summed E-state index contributed by atoms with van der Waals surface area (Å²) in [7, 11) is 0. The number of fused-ring (bicyclic) bond motifs is 1. The molecule has 0 saturated carbocycles. The maximum absolute atomic E-state index is 14.2. The number of aromatic nitrogens is 2. The Labute approximate surface area is 154 Å². The number of carbonyl (C=O) groups excluding carboxylic acids is 2. The molecule has 3 rings (SSSR count). The average molecular weight is 397 g/mol. The van der Waals surface area contributed by atoms with E-state index in [1.165, 1.54) is 12.1 Å². The van der Waals surface area contributed by atoms with E-state index >= 15 is 0 Å². The van der Waals surface area contributed by atoms with Crippen LogP contribution in [-0.4, -0.2) is 21.5 Å². The molecule has 27 heavy (non-hydrogen) atoms. The number of benzene rings is 2. The summed E-state index contributed by atoms with van der Waals surface area (Å²) in [6, 6.07) is 6.40. The van der Waals surface area contributed by atoms with Crippen molar-refractivity contribution >= 4 is 34.2 Å². The fourth-order valence-electron chi connectivity index (χ4n) is 2.64. The van der Waals surface area contributed by atoms with Gasteiger partial charge in [0.2, 0.25) is 5.78 Å². The van der Waals surface area contributed by atoms with Crippen molar-refractivity contribution in [3.8, 4) is 0 Å². The molecule has 4 nitrogen and oxygen atoms in total. The van der Waals surface area contributed by atoms with Crippen LogP contribution in [0, 0.1) is 5.82 Å². The molecule has 0 bridgehead atoms. The van der Waals surface area contributed by atoms with E-state index in [4.69, 9.17) is 11.6 Å². The normalized spacial score (nSPS) is 11.6. The first-order chi connectivity index (χ1) is 12.7. The second kappa shape index (κ2) is 6.62. The summed E-state index contributed by atoms with van der Waals surface area (Å²) in [6.07, 6.45) is -4.00. The monoisotopic (exact) mass is 396 g/mol. The Bertz CT molecular complexity index is 1100. The van der Waals surface area contributed by atoms with Crippen LogP contribution in [0.15, 0.2) is 49.1 Å². The highest BCUT2D eigenvalue weighted by atomic mass is 35.5. The van der Waals surface area contributed by atoms with Gasteiger partial charge in [0.15, 0.2) is 0 Å². The molecule has 0 radical (unpaired) electrons. The smallest absolute Gasteiger partial charge is 0.287 e. The molecule has 0 saturated heterocycles. The lowest BCUT2D eigenvalue weighted by molar-refractivity contribution is -0.137. The van der Waals surface area contributed by atoms with Gasteiger partial charge in [0.05, 0.1) is 27.1 Å². The van der Waals surface area contributed by atoms with Crippen molar-refractivity contribution in [1.29, 1.82) is 0 Å². The van der Waals surface area contributed by atoms with Crippen molar-refractivity contribution in [2.45, 2.75) is 6.18 Å². The van der Waals surface area contributed by atoms with E-state index < -0.39 is 45.5 Å². The predicted octanol–water partition coefficient (Wildman–Crippen LogP) is 4.90. The van der Waals surface area contributed by atoms with E-state index in [2.05, 4.69) is 11.7 Å². The Morgan fingerprint density at radius 3 is 2.44 bits per heavy atom. The van der Waals surface area contributed by atoms with Gasteiger partial charge in [-0.2, -0.15) is 23.0 Å². The summed E-state index contributed by atoms with van der Waals surface area (Å²) >= 11 is 5.84. The van der Waals surface area contributed by atoms with Crippen molar-refractivity contribution < 1.29 is 27.2 Å². The van der Waals surface area contributed by atoms with Crippen LogP contribution < -0.4 is 0 Å². The van der Waals surface area contributed by atoms with E-state index in [0.29, 0.717) is 10.7 Å². The quantitative estimate of drug-likeness (QED) is 0.359. The standard InChI is InChI=1S/C18H9ClF4N2O2/c1-2-13(26)16-15-11(20)7-4-8-12(15)25(24-16)17(27)14-9(18(21,22)23)5-3-6-10(14)19/h2-8H,1H2. The third kappa shape index (κ3) is 3.12. The van der Waals surface area contributed by atoms with Crippen LogP contribution >= 0.6 is 11.6 Å². The number of carbonyl (C=O) groups is 2. The molecule has 1 heterocycles. The molecule has 0 aliphatic heterocycles. The summed E-state index contributed by atoms with van der Waals surface area (Å²) in [5.41, 5.74) is -2.72. The number of nitrogens with zero attached hydrogens (tertiary/aromatic N) is 2. The van der Waals surface area contributed by atoms with E-state index in [-0.39, 0.29) is 10.9 Å². The molecule has 0 N–H and O–H groups in total. The first kappa shape index (κ1) is 18.8. The number of ketones is 1. The van der Waals surface area contributed by atoms with Gasteiger partial charge in [-0.1, -0.05) is 30.3 Å². The Kier molecular flexibility index (Phi) is 4.61. The fourth-order valence-corrected chi connectivity index (χ4v) is 2.89. The summed E-state index contributed by atoms with van der Waals surface area (Å²) < 4.78 is 54.7. The number of rotatable bonds is 3. The lowest BCUT2D eigenvalue weighted by Gasteiger charge is -2.13. The van der Waals surface area contributed by atoms with Crippen molar-refractivity contribution in [2.24, 2.45) is 0 Å². The summed E-state index contributed by atoms with van der Waals surface area (Å²) in [5.74, 6) is -2.88. The molecule has 0 spiro atoms. The predicted molar refractivity (Wildman–Crippen MR) is 90.4 cm³/mol. The lowest BCUT2D eigenvalue weighted by atomic mass is 10.1. The molecule has 9 heteroatoms. The van der Waals surface area contributed by atoms with Crippen LogP contribution in [0.3, 0.4) is 0 Å². The maximum atomic E-state index is 14.2. The minimum Gasteiger partial charge on any atom is -0.287 e. The van der Waals surface area contributed by atoms with E-state index in [0.717, 1.165) is 24.3 Å². The zero-order valence-corrected chi connectivity index (χ0v) is 14.1. The van der Waals surface area contributed by atoms with Crippen molar-refractivity contribution in [3.63, 3.8) is 0 Å². The largest absolute Gasteiger partial charge is 0.417 e. The lowest BCUT2D eigenvalue weighted by Crippen LogP contribution is -2.20. The number of halogens is 5. The molecule has 1 aromatic heterocycles. The molecule has 0 amide bonds. The third-order valence-corrected chi connectivity index (χ3v) is 4.12. The highest BCUT2D eigenvalue weighted by molar-refractivity contribution is 6.34. The van der Waals surface area contributed by atoms with E-state index in [9.17, 15) is 27.2 Å². The first-order valence-corrected chi connectivity index (χ1v) is 7.79. The summed E-state index contributed by atoms with van der Waals surface area (Å²) in [4.78, 5) is 24.8. The highest BCUT2D eigenvalue weighted by Gasteiger charge is 2.37. The Morgan fingerprint density at radius 1 is 1.15 bits per heavy atom. The molecule has 0 fully saturated rings. The Morgan fingerprint density at radius 2 is 1.81 bits per heavy atom. The zero-order chi connectivity index (χ0) is 19.9. The molecular weight excluding hydrogens is 388 g/mol. The van der Waals surface area contributed by atoms with Crippen LogP contribution in [0.2, 0.25) is 5.02 Å². The molecule has 3 aromatic rings. The first-order valence-electron chi connectivity index (χ1n) is 7.41. The third-order valence-electron chi connectivity index (χ3n) is 3.80. The number of hydrogen-bond acceptors (Lipinski definition) is 3. The fraction of sp³-hybridized carbons (Fsp3) is 0.0556. The van der Waals surface area contributed by atoms with Gasteiger partial charge in [-0.3, -0.25) is 9.59 Å². The average Bonchev–Trinajstić information content (AvgIpc) is 3.00. The van der Waals surface area contributed by atoms with Gasteiger partial charge < -0.3 is 0 Å². The maximum Gasteiger partial charge on any atom is 0.417 e. The van der Waals surface area contributed by atoms with Crippen molar-refractivity contribution in [1.82, 2.24) is 9.78 Å². The SMILES string of the molecule is C=CC(=O)c1nn(C(=O)c2c(Cl)cccc2C(F)(F)F)c2cccc(F)c12. The van der Waals surface area contributed by atoms with Crippen molar-refractivity contribution in [2.75, 3.05) is 0 Å². The number of allylic oxidation sites excluding steroid dienone is 1. The van der Waals surface area contributed by atoms with E-state index in [1.54, 1.807) is 0 Å². The number of hydrogen-bond donors (Lipinski definition) is 0. The second-order valence-electron chi connectivity index (χ2n) is 5.43. The van der Waals surface area contributed by atoms with Gasteiger partial charge in [-0.25, -0.2) is 4.39 Å². The zero-order valence-electron chi connectivity index (χ0n) is 13.3. The van der Waals surface area contributed by atoms with Crippen LogP contribution in [0.1, 0.15) is 26.4 Å². The van der Waals surface area contributed by atoms with Gasteiger partial charge >= 0.3 is 6.18 Å². The van der Waals surface area contributed by atoms with Gasteiger partial charge in [0.1, 0.15) is 11.5 Å². The molecule has 0 atom stereocenters. The van der Waals surface area contributed by atoms with Gasteiger partial charge in [0, 0.05) is 0 Å². The highest BCUT2D eigenvalue weighted by Crippen LogP contribution is 2.36.